The largest absolute Gasteiger partial charge is 0.390 e. The summed E-state index contributed by atoms with van der Waals surface area (Å²) < 4.78 is 0. The summed E-state index contributed by atoms with van der Waals surface area (Å²) in [5.41, 5.74) is 1.44. The molecule has 2 amide bonds. The topological polar surface area (TPSA) is 69.6 Å². The van der Waals surface area contributed by atoms with Crippen molar-refractivity contribution in [2.75, 3.05) is 18.0 Å². The van der Waals surface area contributed by atoms with Gasteiger partial charge in [-0.1, -0.05) is 12.1 Å². The van der Waals surface area contributed by atoms with E-state index in [0.29, 0.717) is 6.42 Å². The van der Waals surface area contributed by atoms with Crippen LogP contribution in [0.2, 0.25) is 0 Å². The van der Waals surface area contributed by atoms with E-state index in [2.05, 4.69) is 5.32 Å². The molecule has 0 radical (unpaired) electrons. The molecule has 0 aromatic heterocycles. The molecular formula is C14H16N2O3. The Hall–Kier alpha value is -1.88. The highest BCUT2D eigenvalue weighted by Crippen LogP contribution is 2.38. The van der Waals surface area contributed by atoms with Crippen molar-refractivity contribution in [1.29, 1.82) is 0 Å². The number of carbonyl (C=O) groups excluding carboxylic acids is 2. The summed E-state index contributed by atoms with van der Waals surface area (Å²) in [6, 6.07) is 7.69. The summed E-state index contributed by atoms with van der Waals surface area (Å²) in [4.78, 5) is 24.4. The van der Waals surface area contributed by atoms with E-state index in [1.54, 1.807) is 4.90 Å². The lowest BCUT2D eigenvalue weighted by Gasteiger charge is -2.27. The van der Waals surface area contributed by atoms with Crippen LogP contribution in [0, 0.1) is 0 Å². The number of hydrogen-bond donors (Lipinski definition) is 2. The molecule has 1 heterocycles. The number of nitrogens with one attached hydrogen (secondary N) is 1. The quantitative estimate of drug-likeness (QED) is 0.763. The van der Waals surface area contributed by atoms with Crippen molar-refractivity contribution in [3.05, 3.63) is 29.8 Å². The van der Waals surface area contributed by atoms with Gasteiger partial charge in [0.05, 0.1) is 18.7 Å². The normalized spacial score (nSPS) is 21.2. The van der Waals surface area contributed by atoms with Crippen molar-refractivity contribution in [3.63, 3.8) is 0 Å². The molecule has 1 aromatic rings. The number of anilines is 1. The highest BCUT2D eigenvalue weighted by atomic mass is 16.3. The van der Waals surface area contributed by atoms with Crippen molar-refractivity contribution >= 4 is 17.5 Å². The number of imide groups is 1. The van der Waals surface area contributed by atoms with Crippen LogP contribution in [0.15, 0.2) is 24.3 Å². The molecule has 2 N–H and O–H groups in total. The van der Waals surface area contributed by atoms with E-state index in [-0.39, 0.29) is 24.9 Å². The molecule has 100 valence electrons. The zero-order valence-electron chi connectivity index (χ0n) is 10.6. The first-order valence-corrected chi connectivity index (χ1v) is 6.43. The molecule has 3 rings (SSSR count). The van der Waals surface area contributed by atoms with Crippen molar-refractivity contribution in [1.82, 2.24) is 5.32 Å². The molecule has 0 bridgehead atoms. The highest BCUT2D eigenvalue weighted by molar-refractivity contribution is 6.02. The number of carbonyl (C=O) groups is 2. The second-order valence-corrected chi connectivity index (χ2v) is 5.39. The minimum atomic E-state index is -0.498. The average molecular weight is 260 g/mol. The monoisotopic (exact) mass is 260 g/mol. The third kappa shape index (κ3) is 2.76. The Morgan fingerprint density at radius 2 is 1.68 bits per heavy atom. The Morgan fingerprint density at radius 3 is 2.21 bits per heavy atom. The molecule has 5 nitrogen and oxygen atoms in total. The Kier molecular flexibility index (Phi) is 2.78. The number of benzene rings is 1. The van der Waals surface area contributed by atoms with Crippen molar-refractivity contribution in [2.24, 2.45) is 0 Å². The van der Waals surface area contributed by atoms with Gasteiger partial charge in [0, 0.05) is 12.1 Å². The smallest absolute Gasteiger partial charge is 0.246 e. The van der Waals surface area contributed by atoms with Gasteiger partial charge in [0.15, 0.2) is 0 Å². The fourth-order valence-electron chi connectivity index (χ4n) is 2.35. The van der Waals surface area contributed by atoms with E-state index in [1.807, 2.05) is 24.3 Å². The standard InChI is InChI=1S/C14H16N2O3/c17-12-8-16(9-13(18)15-12)11-3-1-10(2-4-11)7-14(19)5-6-14/h1-4,19H,5-9H2,(H,15,17,18). The van der Waals surface area contributed by atoms with Gasteiger partial charge >= 0.3 is 0 Å². The Labute approximate surface area is 111 Å². The first-order chi connectivity index (χ1) is 9.04. The Bertz CT molecular complexity index is 504. The minimum absolute atomic E-state index is 0.203. The maximum atomic E-state index is 11.3. The molecule has 1 saturated carbocycles. The molecule has 1 aromatic carbocycles. The lowest BCUT2D eigenvalue weighted by molar-refractivity contribution is -0.130. The van der Waals surface area contributed by atoms with Gasteiger partial charge in [0.1, 0.15) is 0 Å². The maximum absolute atomic E-state index is 11.3. The van der Waals surface area contributed by atoms with Gasteiger partial charge in [0.2, 0.25) is 11.8 Å². The highest BCUT2D eigenvalue weighted by Gasteiger charge is 2.40. The summed E-state index contributed by atoms with van der Waals surface area (Å²) in [7, 11) is 0. The van der Waals surface area contributed by atoms with Crippen LogP contribution in [0.25, 0.3) is 0 Å². The van der Waals surface area contributed by atoms with Gasteiger partial charge in [-0.05, 0) is 30.5 Å². The average Bonchev–Trinajstić information content (AvgIpc) is 3.06. The SMILES string of the molecule is O=C1CN(c2ccc(CC3(O)CC3)cc2)CC(=O)N1. The van der Waals surface area contributed by atoms with E-state index < -0.39 is 5.60 Å². The number of amides is 2. The summed E-state index contributed by atoms with van der Waals surface area (Å²) in [5.74, 6) is -0.541. The molecule has 2 aliphatic rings. The maximum Gasteiger partial charge on any atom is 0.246 e. The second kappa shape index (κ2) is 4.35. The third-order valence-corrected chi connectivity index (χ3v) is 3.61. The molecule has 1 saturated heterocycles. The van der Waals surface area contributed by atoms with Crippen LogP contribution in [0.4, 0.5) is 5.69 Å². The van der Waals surface area contributed by atoms with Gasteiger partial charge < -0.3 is 10.0 Å². The molecule has 1 aliphatic carbocycles. The minimum Gasteiger partial charge on any atom is -0.390 e. The van der Waals surface area contributed by atoms with E-state index in [9.17, 15) is 14.7 Å². The van der Waals surface area contributed by atoms with Crippen LogP contribution < -0.4 is 10.2 Å². The molecule has 1 aliphatic heterocycles. The number of hydrogen-bond acceptors (Lipinski definition) is 4. The van der Waals surface area contributed by atoms with Gasteiger partial charge in [-0.2, -0.15) is 0 Å². The molecule has 19 heavy (non-hydrogen) atoms. The van der Waals surface area contributed by atoms with Crippen LogP contribution in [-0.2, 0) is 16.0 Å². The van der Waals surface area contributed by atoms with Crippen LogP contribution in [0.3, 0.4) is 0 Å². The summed E-state index contributed by atoms with van der Waals surface area (Å²) >= 11 is 0. The van der Waals surface area contributed by atoms with Crippen LogP contribution in [0.1, 0.15) is 18.4 Å². The van der Waals surface area contributed by atoms with E-state index in [4.69, 9.17) is 0 Å². The molecule has 0 atom stereocenters. The number of piperazine rings is 1. The molecular weight excluding hydrogens is 244 g/mol. The Balaban J connectivity index is 1.71. The number of rotatable bonds is 3. The summed E-state index contributed by atoms with van der Waals surface area (Å²) in [6.07, 6.45) is 2.41. The molecule has 5 heteroatoms. The van der Waals surface area contributed by atoms with Crippen molar-refractivity contribution in [3.8, 4) is 0 Å². The van der Waals surface area contributed by atoms with Crippen molar-refractivity contribution < 1.29 is 14.7 Å². The molecule has 0 unspecified atom stereocenters. The zero-order valence-corrected chi connectivity index (χ0v) is 10.6. The van der Waals surface area contributed by atoms with E-state index >= 15 is 0 Å². The van der Waals surface area contributed by atoms with Gasteiger partial charge in [-0.3, -0.25) is 14.9 Å². The first-order valence-electron chi connectivity index (χ1n) is 6.43. The molecule has 0 spiro atoms. The second-order valence-electron chi connectivity index (χ2n) is 5.39. The Morgan fingerprint density at radius 1 is 1.11 bits per heavy atom. The van der Waals surface area contributed by atoms with E-state index in [1.165, 1.54) is 0 Å². The van der Waals surface area contributed by atoms with Crippen LogP contribution >= 0.6 is 0 Å². The third-order valence-electron chi connectivity index (χ3n) is 3.61. The lowest BCUT2D eigenvalue weighted by atomic mass is 10.1. The van der Waals surface area contributed by atoms with Gasteiger partial charge in [-0.25, -0.2) is 0 Å². The van der Waals surface area contributed by atoms with Crippen LogP contribution in [0.5, 0.6) is 0 Å². The summed E-state index contributed by atoms with van der Waals surface area (Å²) in [6.45, 7) is 0.407. The van der Waals surface area contributed by atoms with Gasteiger partial charge in [0.25, 0.3) is 0 Å². The van der Waals surface area contributed by atoms with Crippen molar-refractivity contribution in [2.45, 2.75) is 24.9 Å². The van der Waals surface area contributed by atoms with E-state index in [0.717, 1.165) is 24.1 Å². The number of nitrogens with zero attached hydrogens (tertiary/aromatic N) is 1. The fraction of sp³-hybridized carbons (Fsp3) is 0.429. The predicted octanol–water partition coefficient (Wildman–Crippen LogP) is 0.217. The predicted molar refractivity (Wildman–Crippen MR) is 69.7 cm³/mol. The van der Waals surface area contributed by atoms with Gasteiger partial charge in [-0.15, -0.1) is 0 Å². The first kappa shape index (κ1) is 12.2. The summed E-state index contributed by atoms with van der Waals surface area (Å²) in [5, 5.41) is 12.1. The number of aliphatic hydroxyl groups is 1. The van der Waals surface area contributed by atoms with Crippen LogP contribution in [-0.4, -0.2) is 35.6 Å². The zero-order chi connectivity index (χ0) is 13.5. The lowest BCUT2D eigenvalue weighted by Crippen LogP contribution is -2.51. The fourth-order valence-corrected chi connectivity index (χ4v) is 2.35. The molecule has 2 fully saturated rings.